The third-order valence-electron chi connectivity index (χ3n) is 5.02. The normalized spacial score (nSPS) is 34.9. The smallest absolute Gasteiger partial charge is 0.0675 e. The lowest BCUT2D eigenvalue weighted by Crippen LogP contribution is -2.41. The van der Waals surface area contributed by atoms with Crippen molar-refractivity contribution in [3.63, 3.8) is 0 Å². The molecule has 0 amide bonds. The summed E-state index contributed by atoms with van der Waals surface area (Å²) >= 11 is 0. The molecule has 0 radical (unpaired) electrons. The van der Waals surface area contributed by atoms with E-state index in [0.29, 0.717) is 5.92 Å². The van der Waals surface area contributed by atoms with Gasteiger partial charge in [-0.3, -0.25) is 0 Å². The lowest BCUT2D eigenvalue weighted by atomic mass is 9.67. The SMILES string of the molecule is CCCC1CCC(C2(O)CCCCC2)CC1. The van der Waals surface area contributed by atoms with Gasteiger partial charge < -0.3 is 5.11 Å². The number of aliphatic hydroxyl groups is 1. The maximum atomic E-state index is 10.7. The van der Waals surface area contributed by atoms with E-state index >= 15 is 0 Å². The molecule has 0 atom stereocenters. The van der Waals surface area contributed by atoms with Crippen molar-refractivity contribution < 1.29 is 5.11 Å². The van der Waals surface area contributed by atoms with Gasteiger partial charge in [-0.1, -0.05) is 51.9 Å². The van der Waals surface area contributed by atoms with Crippen LogP contribution in [0.15, 0.2) is 0 Å². The zero-order valence-corrected chi connectivity index (χ0v) is 10.9. The van der Waals surface area contributed by atoms with Crippen LogP contribution < -0.4 is 0 Å². The van der Waals surface area contributed by atoms with Gasteiger partial charge >= 0.3 is 0 Å². The van der Waals surface area contributed by atoms with Crippen molar-refractivity contribution in [3.05, 3.63) is 0 Å². The minimum Gasteiger partial charge on any atom is -0.390 e. The molecular formula is C15H28O. The van der Waals surface area contributed by atoms with Crippen LogP contribution in [0.3, 0.4) is 0 Å². The number of hydrogen-bond acceptors (Lipinski definition) is 1. The minimum absolute atomic E-state index is 0.268. The van der Waals surface area contributed by atoms with E-state index in [-0.39, 0.29) is 5.60 Å². The monoisotopic (exact) mass is 224 g/mol. The van der Waals surface area contributed by atoms with Crippen LogP contribution in [-0.2, 0) is 0 Å². The van der Waals surface area contributed by atoms with Crippen LogP contribution in [0.4, 0.5) is 0 Å². The largest absolute Gasteiger partial charge is 0.390 e. The van der Waals surface area contributed by atoms with E-state index in [9.17, 15) is 5.11 Å². The minimum atomic E-state index is -0.268. The number of hydrogen-bond donors (Lipinski definition) is 1. The zero-order chi connectivity index (χ0) is 11.4. The van der Waals surface area contributed by atoms with Crippen LogP contribution in [-0.4, -0.2) is 10.7 Å². The molecule has 0 aliphatic heterocycles. The summed E-state index contributed by atoms with van der Waals surface area (Å²) in [5.74, 6) is 1.59. The Morgan fingerprint density at radius 2 is 1.62 bits per heavy atom. The average Bonchev–Trinajstić information content (AvgIpc) is 2.31. The van der Waals surface area contributed by atoms with Gasteiger partial charge in [0.25, 0.3) is 0 Å². The predicted octanol–water partition coefficient (Wildman–Crippen LogP) is 4.29. The van der Waals surface area contributed by atoms with E-state index < -0.39 is 0 Å². The van der Waals surface area contributed by atoms with Gasteiger partial charge in [0.15, 0.2) is 0 Å². The van der Waals surface area contributed by atoms with Crippen LogP contribution in [0, 0.1) is 11.8 Å². The fraction of sp³-hybridized carbons (Fsp3) is 1.00. The predicted molar refractivity (Wildman–Crippen MR) is 68.4 cm³/mol. The average molecular weight is 224 g/mol. The Morgan fingerprint density at radius 1 is 1.00 bits per heavy atom. The molecular weight excluding hydrogens is 196 g/mol. The maximum Gasteiger partial charge on any atom is 0.0675 e. The highest BCUT2D eigenvalue weighted by Crippen LogP contribution is 2.43. The molecule has 94 valence electrons. The lowest BCUT2D eigenvalue weighted by molar-refractivity contribution is -0.0656. The molecule has 1 N–H and O–H groups in total. The summed E-state index contributed by atoms with van der Waals surface area (Å²) in [5.41, 5.74) is -0.268. The molecule has 0 unspecified atom stereocenters. The molecule has 0 spiro atoms. The van der Waals surface area contributed by atoms with Gasteiger partial charge in [-0.25, -0.2) is 0 Å². The summed E-state index contributed by atoms with van der Waals surface area (Å²) in [6.07, 6.45) is 14.1. The third-order valence-corrected chi connectivity index (χ3v) is 5.02. The molecule has 2 aliphatic rings. The van der Waals surface area contributed by atoms with Crippen molar-refractivity contribution in [2.75, 3.05) is 0 Å². The molecule has 2 rings (SSSR count). The van der Waals surface area contributed by atoms with Gasteiger partial charge in [-0.05, 0) is 37.5 Å². The topological polar surface area (TPSA) is 20.2 Å². The molecule has 2 fully saturated rings. The molecule has 0 heterocycles. The molecule has 0 saturated heterocycles. The van der Waals surface area contributed by atoms with E-state index in [0.717, 1.165) is 18.8 Å². The van der Waals surface area contributed by atoms with Crippen LogP contribution in [0.25, 0.3) is 0 Å². The summed E-state index contributed by atoms with van der Waals surface area (Å²) in [6, 6.07) is 0. The van der Waals surface area contributed by atoms with E-state index in [1.807, 2.05) is 0 Å². The van der Waals surface area contributed by atoms with Gasteiger partial charge in [0.1, 0.15) is 0 Å². The first-order valence-electron chi connectivity index (χ1n) is 7.47. The van der Waals surface area contributed by atoms with Gasteiger partial charge in [-0.2, -0.15) is 0 Å². The Labute approximate surface area is 101 Å². The fourth-order valence-electron chi connectivity index (χ4n) is 3.97. The Bertz CT molecular complexity index is 197. The first kappa shape index (κ1) is 12.4. The van der Waals surface area contributed by atoms with Gasteiger partial charge in [0.2, 0.25) is 0 Å². The first-order valence-corrected chi connectivity index (χ1v) is 7.47. The molecule has 1 heteroatoms. The highest BCUT2D eigenvalue weighted by Gasteiger charge is 2.39. The molecule has 2 saturated carbocycles. The van der Waals surface area contributed by atoms with Crippen LogP contribution in [0.1, 0.15) is 77.6 Å². The second-order valence-electron chi connectivity index (χ2n) is 6.17. The Kier molecular flexibility index (Phi) is 4.29. The van der Waals surface area contributed by atoms with E-state index in [2.05, 4.69) is 6.92 Å². The number of rotatable bonds is 3. The fourth-order valence-corrected chi connectivity index (χ4v) is 3.97. The van der Waals surface area contributed by atoms with Crippen molar-refractivity contribution in [1.82, 2.24) is 0 Å². The first-order chi connectivity index (χ1) is 7.74. The van der Waals surface area contributed by atoms with E-state index in [4.69, 9.17) is 0 Å². The van der Waals surface area contributed by atoms with Gasteiger partial charge in [0.05, 0.1) is 5.60 Å². The zero-order valence-electron chi connectivity index (χ0n) is 10.9. The highest BCUT2D eigenvalue weighted by atomic mass is 16.3. The molecule has 0 aromatic heterocycles. The second-order valence-corrected chi connectivity index (χ2v) is 6.17. The molecule has 2 aliphatic carbocycles. The second kappa shape index (κ2) is 5.53. The molecule has 16 heavy (non-hydrogen) atoms. The van der Waals surface area contributed by atoms with E-state index in [1.165, 1.54) is 57.8 Å². The highest BCUT2D eigenvalue weighted by molar-refractivity contribution is 4.91. The summed E-state index contributed by atoms with van der Waals surface area (Å²) in [4.78, 5) is 0. The van der Waals surface area contributed by atoms with Crippen molar-refractivity contribution in [3.8, 4) is 0 Å². The molecule has 0 aromatic carbocycles. The van der Waals surface area contributed by atoms with Gasteiger partial charge in [-0.15, -0.1) is 0 Å². The summed E-state index contributed by atoms with van der Waals surface area (Å²) in [7, 11) is 0. The molecule has 0 bridgehead atoms. The third kappa shape index (κ3) is 2.80. The van der Waals surface area contributed by atoms with Crippen LogP contribution in [0.5, 0.6) is 0 Å². The van der Waals surface area contributed by atoms with Crippen molar-refractivity contribution >= 4 is 0 Å². The van der Waals surface area contributed by atoms with Gasteiger partial charge in [0, 0.05) is 0 Å². The Balaban J connectivity index is 1.83. The van der Waals surface area contributed by atoms with Crippen LogP contribution >= 0.6 is 0 Å². The van der Waals surface area contributed by atoms with Crippen LogP contribution in [0.2, 0.25) is 0 Å². The van der Waals surface area contributed by atoms with Crippen molar-refractivity contribution in [2.45, 2.75) is 83.2 Å². The quantitative estimate of drug-likeness (QED) is 0.758. The molecule has 0 aromatic rings. The Morgan fingerprint density at radius 3 is 2.19 bits per heavy atom. The molecule has 1 nitrogen and oxygen atoms in total. The summed E-state index contributed by atoms with van der Waals surface area (Å²) in [5, 5.41) is 10.7. The summed E-state index contributed by atoms with van der Waals surface area (Å²) in [6.45, 7) is 2.29. The van der Waals surface area contributed by atoms with Crippen molar-refractivity contribution in [1.29, 1.82) is 0 Å². The standard InChI is InChI=1S/C15H28O/c1-2-6-13-7-9-14(10-8-13)15(16)11-4-3-5-12-15/h13-14,16H,2-12H2,1H3. The van der Waals surface area contributed by atoms with Crippen molar-refractivity contribution in [2.24, 2.45) is 11.8 Å². The maximum absolute atomic E-state index is 10.7. The van der Waals surface area contributed by atoms with E-state index in [1.54, 1.807) is 0 Å². The lowest BCUT2D eigenvalue weighted by Gasteiger charge is -2.42. The Hall–Kier alpha value is -0.0400. The summed E-state index contributed by atoms with van der Waals surface area (Å²) < 4.78 is 0.